The van der Waals surface area contributed by atoms with Crippen molar-refractivity contribution in [3.8, 4) is 0 Å². The summed E-state index contributed by atoms with van der Waals surface area (Å²) >= 11 is 0. The highest BCUT2D eigenvalue weighted by Gasteiger charge is 2.03. The van der Waals surface area contributed by atoms with Gasteiger partial charge in [-0.3, -0.25) is 4.98 Å². The molecule has 0 aliphatic rings. The maximum Gasteiger partial charge on any atom is 0.223 e. The van der Waals surface area contributed by atoms with Crippen molar-refractivity contribution >= 4 is 10.8 Å². The van der Waals surface area contributed by atoms with Crippen molar-refractivity contribution in [3.63, 3.8) is 0 Å². The van der Waals surface area contributed by atoms with Crippen LogP contribution in [0.4, 0.5) is 0 Å². The van der Waals surface area contributed by atoms with Crippen LogP contribution in [0.25, 0.3) is 10.8 Å². The summed E-state index contributed by atoms with van der Waals surface area (Å²) in [6.45, 7) is 3.39. The molecule has 2 heterocycles. The van der Waals surface area contributed by atoms with Crippen LogP contribution in [0.15, 0.2) is 41.2 Å². The second-order valence-electron chi connectivity index (χ2n) is 4.68. The SMILES string of the molecule is Cc1nc(CCNCc2cncc3ccccc23)no1. The van der Waals surface area contributed by atoms with Crippen molar-refractivity contribution in [1.82, 2.24) is 20.4 Å². The van der Waals surface area contributed by atoms with Crippen LogP contribution in [-0.4, -0.2) is 21.7 Å². The minimum atomic E-state index is 0.609. The van der Waals surface area contributed by atoms with Crippen LogP contribution in [0.5, 0.6) is 0 Å². The topological polar surface area (TPSA) is 63.8 Å². The predicted molar refractivity (Wildman–Crippen MR) is 76.2 cm³/mol. The Hall–Kier alpha value is -2.27. The Kier molecular flexibility index (Phi) is 3.69. The summed E-state index contributed by atoms with van der Waals surface area (Å²) in [4.78, 5) is 8.45. The van der Waals surface area contributed by atoms with Crippen molar-refractivity contribution in [2.75, 3.05) is 6.54 Å². The fourth-order valence-electron chi connectivity index (χ4n) is 2.19. The maximum atomic E-state index is 4.94. The van der Waals surface area contributed by atoms with Crippen molar-refractivity contribution in [3.05, 3.63) is 53.9 Å². The van der Waals surface area contributed by atoms with Crippen LogP contribution in [0, 0.1) is 6.92 Å². The van der Waals surface area contributed by atoms with Gasteiger partial charge in [0.05, 0.1) is 0 Å². The Morgan fingerprint density at radius 1 is 1.20 bits per heavy atom. The third-order valence-electron chi connectivity index (χ3n) is 3.16. The van der Waals surface area contributed by atoms with Crippen molar-refractivity contribution < 1.29 is 4.52 Å². The standard InChI is InChI=1S/C15H16N4O/c1-11-18-15(19-20-11)6-7-16-9-13-10-17-8-12-4-2-3-5-14(12)13/h2-5,8,10,16H,6-7,9H2,1H3. The summed E-state index contributed by atoms with van der Waals surface area (Å²) in [5.74, 6) is 1.35. The smallest absolute Gasteiger partial charge is 0.223 e. The Morgan fingerprint density at radius 2 is 2.10 bits per heavy atom. The number of benzene rings is 1. The minimum absolute atomic E-state index is 0.609. The van der Waals surface area contributed by atoms with Crippen LogP contribution in [0.2, 0.25) is 0 Å². The molecule has 3 aromatic rings. The van der Waals surface area contributed by atoms with Gasteiger partial charge in [0.15, 0.2) is 5.82 Å². The Bertz CT molecular complexity index is 702. The molecule has 2 aromatic heterocycles. The number of hydrogen-bond donors (Lipinski definition) is 1. The van der Waals surface area contributed by atoms with Gasteiger partial charge in [-0.05, 0) is 10.9 Å². The Balaban J connectivity index is 1.60. The van der Waals surface area contributed by atoms with Crippen LogP contribution < -0.4 is 5.32 Å². The molecular formula is C15H16N4O. The number of nitrogens with zero attached hydrogens (tertiary/aromatic N) is 3. The molecule has 0 aliphatic carbocycles. The molecule has 5 nitrogen and oxygen atoms in total. The zero-order valence-electron chi connectivity index (χ0n) is 11.3. The molecule has 0 atom stereocenters. The molecule has 0 saturated heterocycles. The first-order valence-corrected chi connectivity index (χ1v) is 6.64. The van der Waals surface area contributed by atoms with Gasteiger partial charge in [-0.2, -0.15) is 4.98 Å². The van der Waals surface area contributed by atoms with E-state index in [1.165, 1.54) is 16.3 Å². The first-order chi connectivity index (χ1) is 9.83. The van der Waals surface area contributed by atoms with Gasteiger partial charge in [-0.25, -0.2) is 0 Å². The van der Waals surface area contributed by atoms with Crippen LogP contribution in [0.3, 0.4) is 0 Å². The van der Waals surface area contributed by atoms with Crippen LogP contribution >= 0.6 is 0 Å². The van der Waals surface area contributed by atoms with Crippen LogP contribution in [-0.2, 0) is 13.0 Å². The highest BCUT2D eigenvalue weighted by molar-refractivity contribution is 5.84. The van der Waals surface area contributed by atoms with E-state index < -0.39 is 0 Å². The number of rotatable bonds is 5. The monoisotopic (exact) mass is 268 g/mol. The molecule has 0 unspecified atom stereocenters. The number of fused-ring (bicyclic) bond motifs is 1. The van der Waals surface area contributed by atoms with Gasteiger partial charge in [0.2, 0.25) is 5.89 Å². The lowest BCUT2D eigenvalue weighted by Crippen LogP contribution is -2.17. The molecule has 3 rings (SSSR count). The molecule has 0 saturated carbocycles. The predicted octanol–water partition coefficient (Wildman–Crippen LogP) is 2.26. The maximum absolute atomic E-state index is 4.94. The van der Waals surface area contributed by atoms with E-state index in [-0.39, 0.29) is 0 Å². The Labute approximate surface area is 117 Å². The highest BCUT2D eigenvalue weighted by atomic mass is 16.5. The summed E-state index contributed by atoms with van der Waals surface area (Å²) in [6, 6.07) is 8.28. The molecule has 1 aromatic carbocycles. The number of aryl methyl sites for hydroxylation is 1. The molecule has 20 heavy (non-hydrogen) atoms. The fraction of sp³-hybridized carbons (Fsp3) is 0.267. The third kappa shape index (κ3) is 2.83. The first-order valence-electron chi connectivity index (χ1n) is 6.64. The first kappa shape index (κ1) is 12.7. The van der Waals surface area contributed by atoms with Gasteiger partial charge in [-0.1, -0.05) is 29.4 Å². The van der Waals surface area contributed by atoms with E-state index in [1.807, 2.05) is 24.5 Å². The molecule has 5 heteroatoms. The van der Waals surface area contributed by atoms with Gasteiger partial charge in [0.25, 0.3) is 0 Å². The van der Waals surface area contributed by atoms with E-state index in [0.717, 1.165) is 25.3 Å². The fourth-order valence-corrected chi connectivity index (χ4v) is 2.19. The van der Waals surface area contributed by atoms with Gasteiger partial charge in [-0.15, -0.1) is 0 Å². The van der Waals surface area contributed by atoms with E-state index in [2.05, 4.69) is 32.6 Å². The summed E-state index contributed by atoms with van der Waals surface area (Å²) in [5.41, 5.74) is 1.20. The zero-order valence-corrected chi connectivity index (χ0v) is 11.3. The number of aromatic nitrogens is 3. The van der Waals surface area contributed by atoms with Gasteiger partial charge in [0.1, 0.15) is 0 Å². The molecule has 0 fully saturated rings. The summed E-state index contributed by atoms with van der Waals surface area (Å²) in [6.07, 6.45) is 4.56. The van der Waals surface area contributed by atoms with Crippen molar-refractivity contribution in [2.24, 2.45) is 0 Å². The second kappa shape index (κ2) is 5.79. The number of pyridine rings is 1. The van der Waals surface area contributed by atoms with Gasteiger partial charge in [0, 0.05) is 44.2 Å². The van der Waals surface area contributed by atoms with E-state index in [4.69, 9.17) is 4.52 Å². The molecule has 0 bridgehead atoms. The van der Waals surface area contributed by atoms with E-state index in [1.54, 1.807) is 6.92 Å². The lowest BCUT2D eigenvalue weighted by atomic mass is 10.1. The minimum Gasteiger partial charge on any atom is -0.340 e. The number of nitrogens with one attached hydrogen (secondary N) is 1. The highest BCUT2D eigenvalue weighted by Crippen LogP contribution is 2.16. The molecule has 0 aliphatic heterocycles. The lowest BCUT2D eigenvalue weighted by Gasteiger charge is -2.06. The van der Waals surface area contributed by atoms with E-state index in [0.29, 0.717) is 5.89 Å². The molecule has 0 amide bonds. The normalized spacial score (nSPS) is 11.1. The summed E-state index contributed by atoms with van der Waals surface area (Å²) in [7, 11) is 0. The van der Waals surface area contributed by atoms with E-state index in [9.17, 15) is 0 Å². The molecule has 1 N–H and O–H groups in total. The Morgan fingerprint density at radius 3 is 2.95 bits per heavy atom. The van der Waals surface area contributed by atoms with E-state index >= 15 is 0 Å². The summed E-state index contributed by atoms with van der Waals surface area (Å²) in [5, 5.41) is 9.67. The quantitative estimate of drug-likeness (QED) is 0.719. The average Bonchev–Trinajstić information content (AvgIpc) is 2.89. The summed E-state index contributed by atoms with van der Waals surface area (Å²) < 4.78 is 4.94. The molecule has 102 valence electrons. The average molecular weight is 268 g/mol. The largest absolute Gasteiger partial charge is 0.340 e. The van der Waals surface area contributed by atoms with Gasteiger partial charge < -0.3 is 9.84 Å². The number of hydrogen-bond acceptors (Lipinski definition) is 5. The van der Waals surface area contributed by atoms with Crippen molar-refractivity contribution in [1.29, 1.82) is 0 Å². The molecule has 0 spiro atoms. The lowest BCUT2D eigenvalue weighted by molar-refractivity contribution is 0.387. The zero-order chi connectivity index (χ0) is 13.8. The van der Waals surface area contributed by atoms with Crippen LogP contribution in [0.1, 0.15) is 17.3 Å². The third-order valence-corrected chi connectivity index (χ3v) is 3.16. The molecule has 0 radical (unpaired) electrons. The molecular weight excluding hydrogens is 252 g/mol. The second-order valence-corrected chi connectivity index (χ2v) is 4.68. The van der Waals surface area contributed by atoms with Crippen molar-refractivity contribution in [2.45, 2.75) is 19.9 Å². The van der Waals surface area contributed by atoms with Gasteiger partial charge >= 0.3 is 0 Å².